The first-order valence-electron chi connectivity index (χ1n) is 3.20. The van der Waals surface area contributed by atoms with Crippen LogP contribution < -0.4 is 11.2 Å². The van der Waals surface area contributed by atoms with Gasteiger partial charge >= 0.3 is 7.12 Å². The fraction of sp³-hybridized carbons (Fsp3) is 0.167. The first-order valence-corrected chi connectivity index (χ1v) is 3.20. The summed E-state index contributed by atoms with van der Waals surface area (Å²) in [6, 6.07) is 3.07. The molecule has 0 unspecified atom stereocenters. The van der Waals surface area contributed by atoms with Crippen LogP contribution in [0.15, 0.2) is 12.1 Å². The number of nitrogens with zero attached hydrogens (tertiary/aromatic N) is 1. The molecule has 0 bridgehead atoms. The van der Waals surface area contributed by atoms with Crippen molar-refractivity contribution in [1.82, 2.24) is 4.98 Å². The van der Waals surface area contributed by atoms with E-state index in [9.17, 15) is 0 Å². The van der Waals surface area contributed by atoms with Crippen molar-refractivity contribution in [1.29, 1.82) is 0 Å². The van der Waals surface area contributed by atoms with Crippen LogP contribution in [0, 0.1) is 6.92 Å². The van der Waals surface area contributed by atoms with E-state index in [0.717, 1.165) is 0 Å². The summed E-state index contributed by atoms with van der Waals surface area (Å²) < 4.78 is 0. The number of nitrogens with two attached hydrogens (primary N) is 1. The molecule has 11 heavy (non-hydrogen) atoms. The zero-order valence-electron chi connectivity index (χ0n) is 6.15. The van der Waals surface area contributed by atoms with Crippen LogP contribution in [-0.2, 0) is 0 Å². The molecule has 4 nitrogen and oxygen atoms in total. The number of aryl methyl sites for hydroxylation is 1. The maximum absolute atomic E-state index is 8.77. The average Bonchev–Trinajstić information content (AvgIpc) is 1.85. The lowest BCUT2D eigenvalue weighted by Gasteiger charge is -2.02. The Morgan fingerprint density at radius 3 is 2.55 bits per heavy atom. The van der Waals surface area contributed by atoms with E-state index >= 15 is 0 Å². The van der Waals surface area contributed by atoms with Crippen molar-refractivity contribution in [2.24, 2.45) is 0 Å². The zero-order chi connectivity index (χ0) is 8.43. The van der Waals surface area contributed by atoms with Gasteiger partial charge in [0.15, 0.2) is 0 Å². The van der Waals surface area contributed by atoms with Crippen LogP contribution in [0.5, 0.6) is 0 Å². The molecule has 1 heterocycles. The number of rotatable bonds is 1. The van der Waals surface area contributed by atoms with Gasteiger partial charge in [-0.25, -0.2) is 4.98 Å². The average molecular weight is 152 g/mol. The van der Waals surface area contributed by atoms with Gasteiger partial charge in [0.05, 0.1) is 0 Å². The van der Waals surface area contributed by atoms with Crippen LogP contribution in [0.2, 0.25) is 0 Å². The minimum Gasteiger partial charge on any atom is -0.423 e. The highest BCUT2D eigenvalue weighted by Gasteiger charge is 2.13. The molecule has 0 saturated heterocycles. The van der Waals surface area contributed by atoms with Gasteiger partial charge in [-0.05, 0) is 13.0 Å². The standard InChI is InChI=1S/C6H9BN2O2/c1-4-5(7(10)11)2-3-6(8)9-4/h2-3,10-11H,1H3,(H2,8,9). The Morgan fingerprint density at radius 1 is 1.45 bits per heavy atom. The van der Waals surface area contributed by atoms with E-state index in [1.54, 1.807) is 13.0 Å². The smallest absolute Gasteiger partial charge is 0.423 e. The Bertz CT molecular complexity index is 265. The second kappa shape index (κ2) is 2.90. The summed E-state index contributed by atoms with van der Waals surface area (Å²) >= 11 is 0. The lowest BCUT2D eigenvalue weighted by molar-refractivity contribution is 0.425. The van der Waals surface area contributed by atoms with Gasteiger partial charge in [0, 0.05) is 11.2 Å². The molecule has 1 aromatic rings. The molecule has 5 heteroatoms. The maximum atomic E-state index is 8.77. The van der Waals surface area contributed by atoms with Crippen LogP contribution in [0.25, 0.3) is 0 Å². The molecule has 0 fully saturated rings. The third-order valence-electron chi connectivity index (χ3n) is 1.43. The number of hydrogen-bond acceptors (Lipinski definition) is 4. The second-order valence-corrected chi connectivity index (χ2v) is 2.28. The van der Waals surface area contributed by atoms with Crippen molar-refractivity contribution in [2.45, 2.75) is 6.92 Å². The van der Waals surface area contributed by atoms with E-state index < -0.39 is 7.12 Å². The van der Waals surface area contributed by atoms with Gasteiger partial charge in [-0.1, -0.05) is 6.07 Å². The molecular formula is C6H9BN2O2. The van der Waals surface area contributed by atoms with Crippen LogP contribution in [0.4, 0.5) is 5.82 Å². The summed E-state index contributed by atoms with van der Waals surface area (Å²) in [5.41, 5.74) is 6.28. The van der Waals surface area contributed by atoms with Crippen molar-refractivity contribution in [3.05, 3.63) is 17.8 Å². The number of aromatic nitrogens is 1. The predicted molar refractivity (Wildman–Crippen MR) is 43.2 cm³/mol. The topological polar surface area (TPSA) is 79.4 Å². The zero-order valence-corrected chi connectivity index (χ0v) is 6.15. The first kappa shape index (κ1) is 8.04. The van der Waals surface area contributed by atoms with E-state index in [0.29, 0.717) is 17.0 Å². The summed E-state index contributed by atoms with van der Waals surface area (Å²) in [4.78, 5) is 3.85. The van der Waals surface area contributed by atoms with Crippen LogP contribution in [0.1, 0.15) is 5.69 Å². The Labute approximate surface area is 64.8 Å². The maximum Gasteiger partial charge on any atom is 0.490 e. The van der Waals surface area contributed by atoms with Crippen molar-refractivity contribution >= 4 is 18.4 Å². The second-order valence-electron chi connectivity index (χ2n) is 2.28. The minimum atomic E-state index is -1.47. The molecule has 58 valence electrons. The third-order valence-corrected chi connectivity index (χ3v) is 1.43. The third kappa shape index (κ3) is 1.69. The Hall–Kier alpha value is -1.07. The van der Waals surface area contributed by atoms with Gasteiger partial charge in [0.1, 0.15) is 5.82 Å². The largest absolute Gasteiger partial charge is 0.490 e. The molecule has 0 saturated carbocycles. The molecule has 0 aliphatic heterocycles. The monoisotopic (exact) mass is 152 g/mol. The quantitative estimate of drug-likeness (QED) is 0.434. The lowest BCUT2D eigenvalue weighted by Crippen LogP contribution is -2.32. The number of nitrogen functional groups attached to an aromatic ring is 1. The molecule has 4 N–H and O–H groups in total. The summed E-state index contributed by atoms with van der Waals surface area (Å²) in [6.07, 6.45) is 0. The van der Waals surface area contributed by atoms with Gasteiger partial charge < -0.3 is 15.8 Å². The summed E-state index contributed by atoms with van der Waals surface area (Å²) in [5, 5.41) is 17.5. The first-order chi connectivity index (χ1) is 5.11. The molecule has 0 aliphatic carbocycles. The minimum absolute atomic E-state index is 0.381. The molecule has 0 aliphatic rings. The van der Waals surface area contributed by atoms with Gasteiger partial charge in [-0.15, -0.1) is 0 Å². The van der Waals surface area contributed by atoms with E-state index in [1.165, 1.54) is 6.07 Å². The van der Waals surface area contributed by atoms with E-state index in [-0.39, 0.29) is 0 Å². The molecule has 0 radical (unpaired) electrons. The molecule has 1 rings (SSSR count). The number of pyridine rings is 1. The lowest BCUT2D eigenvalue weighted by atomic mass is 9.79. The van der Waals surface area contributed by atoms with Crippen LogP contribution in [-0.4, -0.2) is 22.2 Å². The van der Waals surface area contributed by atoms with Crippen molar-refractivity contribution in [3.8, 4) is 0 Å². The highest BCUT2D eigenvalue weighted by atomic mass is 16.4. The van der Waals surface area contributed by atoms with Gasteiger partial charge in [0.25, 0.3) is 0 Å². The predicted octanol–water partition coefficient (Wildman–Crippen LogP) is -1.35. The van der Waals surface area contributed by atoms with Gasteiger partial charge in [-0.3, -0.25) is 0 Å². The van der Waals surface area contributed by atoms with Crippen molar-refractivity contribution in [2.75, 3.05) is 5.73 Å². The Morgan fingerprint density at radius 2 is 2.09 bits per heavy atom. The molecule has 0 amide bonds. The van der Waals surface area contributed by atoms with E-state index in [2.05, 4.69) is 4.98 Å². The summed E-state index contributed by atoms with van der Waals surface area (Å²) in [7, 11) is -1.47. The SMILES string of the molecule is Cc1nc(N)ccc1B(O)O. The highest BCUT2D eigenvalue weighted by molar-refractivity contribution is 6.59. The summed E-state index contributed by atoms with van der Waals surface area (Å²) in [5.74, 6) is 0.381. The fourth-order valence-corrected chi connectivity index (χ4v) is 0.864. The normalized spacial score (nSPS) is 9.73. The molecule has 0 aromatic carbocycles. The van der Waals surface area contributed by atoms with Crippen molar-refractivity contribution < 1.29 is 10.0 Å². The van der Waals surface area contributed by atoms with E-state index in [1.807, 2.05) is 0 Å². The highest BCUT2D eigenvalue weighted by Crippen LogP contribution is 1.96. The Kier molecular flexibility index (Phi) is 2.12. The molecule has 0 spiro atoms. The number of hydrogen-bond donors (Lipinski definition) is 3. The van der Waals surface area contributed by atoms with Crippen molar-refractivity contribution in [3.63, 3.8) is 0 Å². The van der Waals surface area contributed by atoms with Gasteiger partial charge in [0.2, 0.25) is 0 Å². The van der Waals surface area contributed by atoms with Gasteiger partial charge in [-0.2, -0.15) is 0 Å². The molecular weight excluding hydrogens is 143 g/mol. The summed E-state index contributed by atoms with van der Waals surface area (Å²) in [6.45, 7) is 1.67. The number of anilines is 1. The molecule has 1 aromatic heterocycles. The van der Waals surface area contributed by atoms with Crippen LogP contribution >= 0.6 is 0 Å². The fourth-order valence-electron chi connectivity index (χ4n) is 0.864. The molecule has 0 atom stereocenters. The van der Waals surface area contributed by atoms with E-state index in [4.69, 9.17) is 15.8 Å². The van der Waals surface area contributed by atoms with Crippen LogP contribution in [0.3, 0.4) is 0 Å². The Balaban J connectivity index is 3.09.